The number of hydrogen-bond donors (Lipinski definition) is 2. The van der Waals surface area contributed by atoms with Crippen molar-refractivity contribution in [3.8, 4) is 0 Å². The van der Waals surface area contributed by atoms with E-state index in [1.54, 1.807) is 18.2 Å². The van der Waals surface area contributed by atoms with E-state index in [1.807, 2.05) is 67.6 Å². The van der Waals surface area contributed by atoms with Crippen LogP contribution in [0.4, 0.5) is 11.4 Å². The average molecular weight is 393 g/mol. The SMILES string of the molecule is CCC(C(=O)Nc1cc(C(=O)Nc2ccccc2)ccc1Cl)c1ccccc1. The molecule has 3 aromatic rings. The highest BCUT2D eigenvalue weighted by atomic mass is 35.5. The Kier molecular flexibility index (Phi) is 6.45. The first-order valence-corrected chi connectivity index (χ1v) is 9.48. The van der Waals surface area contributed by atoms with Crippen LogP contribution < -0.4 is 10.6 Å². The molecule has 0 spiro atoms. The zero-order valence-electron chi connectivity index (χ0n) is 15.5. The second kappa shape index (κ2) is 9.20. The summed E-state index contributed by atoms with van der Waals surface area (Å²) in [6.07, 6.45) is 0.654. The van der Waals surface area contributed by atoms with Gasteiger partial charge in [0.2, 0.25) is 5.91 Å². The van der Waals surface area contributed by atoms with Crippen molar-refractivity contribution in [2.24, 2.45) is 0 Å². The van der Waals surface area contributed by atoms with Crippen LogP contribution in [0.25, 0.3) is 0 Å². The van der Waals surface area contributed by atoms with E-state index in [0.717, 1.165) is 5.56 Å². The highest BCUT2D eigenvalue weighted by molar-refractivity contribution is 6.34. The summed E-state index contributed by atoms with van der Waals surface area (Å²) in [4.78, 5) is 25.3. The first kappa shape index (κ1) is 19.6. The number of carbonyl (C=O) groups is 2. The lowest BCUT2D eigenvalue weighted by Gasteiger charge is -2.16. The smallest absolute Gasteiger partial charge is 0.255 e. The predicted octanol–water partition coefficient (Wildman–Crippen LogP) is 5.72. The third kappa shape index (κ3) is 4.78. The van der Waals surface area contributed by atoms with E-state index >= 15 is 0 Å². The van der Waals surface area contributed by atoms with Gasteiger partial charge in [0.05, 0.1) is 16.6 Å². The van der Waals surface area contributed by atoms with Gasteiger partial charge in [0.15, 0.2) is 0 Å². The van der Waals surface area contributed by atoms with Gasteiger partial charge in [-0.3, -0.25) is 9.59 Å². The topological polar surface area (TPSA) is 58.2 Å². The Morgan fingerprint density at radius 1 is 0.893 bits per heavy atom. The number of halogens is 1. The quantitative estimate of drug-likeness (QED) is 0.563. The van der Waals surface area contributed by atoms with Gasteiger partial charge in [-0.05, 0) is 42.3 Å². The molecule has 0 heterocycles. The van der Waals surface area contributed by atoms with Crippen LogP contribution in [-0.4, -0.2) is 11.8 Å². The minimum atomic E-state index is -0.293. The van der Waals surface area contributed by atoms with Gasteiger partial charge >= 0.3 is 0 Å². The lowest BCUT2D eigenvalue weighted by atomic mass is 9.95. The number of anilines is 2. The van der Waals surface area contributed by atoms with Crippen LogP contribution in [0.3, 0.4) is 0 Å². The zero-order valence-corrected chi connectivity index (χ0v) is 16.2. The molecule has 28 heavy (non-hydrogen) atoms. The van der Waals surface area contributed by atoms with E-state index in [2.05, 4.69) is 10.6 Å². The van der Waals surface area contributed by atoms with E-state index in [-0.39, 0.29) is 17.7 Å². The Labute approximate surface area is 169 Å². The molecule has 3 aromatic carbocycles. The lowest BCUT2D eigenvalue weighted by Crippen LogP contribution is -2.21. The van der Waals surface area contributed by atoms with Crippen molar-refractivity contribution in [2.75, 3.05) is 10.6 Å². The molecule has 0 saturated heterocycles. The van der Waals surface area contributed by atoms with Crippen LogP contribution in [-0.2, 0) is 4.79 Å². The third-order valence-corrected chi connectivity index (χ3v) is 4.77. The standard InChI is InChI=1S/C23H21ClN2O2/c1-2-19(16-9-5-3-6-10-16)23(28)26-21-15-17(13-14-20(21)24)22(27)25-18-11-7-4-8-12-18/h3-15,19H,2H2,1H3,(H,25,27)(H,26,28). The maximum Gasteiger partial charge on any atom is 0.255 e. The molecule has 0 aliphatic carbocycles. The molecular weight excluding hydrogens is 372 g/mol. The van der Waals surface area contributed by atoms with Crippen molar-refractivity contribution < 1.29 is 9.59 Å². The molecule has 2 N–H and O–H groups in total. The first-order chi connectivity index (χ1) is 13.6. The molecule has 0 radical (unpaired) electrons. The van der Waals surface area contributed by atoms with Crippen LogP contribution in [0.1, 0.15) is 35.2 Å². The number of rotatable bonds is 6. The molecule has 1 unspecified atom stereocenters. The second-order valence-electron chi connectivity index (χ2n) is 6.38. The second-order valence-corrected chi connectivity index (χ2v) is 6.78. The van der Waals surface area contributed by atoms with Gasteiger partial charge < -0.3 is 10.6 Å². The Hall–Kier alpha value is -3.11. The van der Waals surface area contributed by atoms with Crippen molar-refractivity contribution >= 4 is 34.8 Å². The number of nitrogens with one attached hydrogen (secondary N) is 2. The van der Waals surface area contributed by atoms with E-state index in [1.165, 1.54) is 0 Å². The van der Waals surface area contributed by atoms with Crippen molar-refractivity contribution in [2.45, 2.75) is 19.3 Å². The van der Waals surface area contributed by atoms with Gasteiger partial charge in [-0.15, -0.1) is 0 Å². The number of carbonyl (C=O) groups excluding carboxylic acids is 2. The molecule has 142 valence electrons. The fraction of sp³-hybridized carbons (Fsp3) is 0.130. The van der Waals surface area contributed by atoms with Crippen molar-refractivity contribution in [3.63, 3.8) is 0 Å². The summed E-state index contributed by atoms with van der Waals surface area (Å²) in [5, 5.41) is 6.07. The third-order valence-electron chi connectivity index (χ3n) is 4.44. The summed E-state index contributed by atoms with van der Waals surface area (Å²) in [6, 6.07) is 23.6. The Bertz CT molecular complexity index is 959. The zero-order chi connectivity index (χ0) is 19.9. The number of para-hydroxylation sites is 1. The molecule has 0 aromatic heterocycles. The van der Waals surface area contributed by atoms with Crippen LogP contribution in [0.15, 0.2) is 78.9 Å². The fourth-order valence-electron chi connectivity index (χ4n) is 2.96. The average Bonchev–Trinajstić information content (AvgIpc) is 2.71. The monoisotopic (exact) mass is 392 g/mol. The molecule has 0 aliphatic heterocycles. The van der Waals surface area contributed by atoms with E-state index in [9.17, 15) is 9.59 Å². The number of hydrogen-bond acceptors (Lipinski definition) is 2. The molecule has 0 fully saturated rings. The van der Waals surface area contributed by atoms with E-state index in [0.29, 0.717) is 28.4 Å². The molecule has 1 atom stereocenters. The van der Waals surface area contributed by atoms with Gasteiger partial charge in [0, 0.05) is 11.3 Å². The molecule has 2 amide bonds. The predicted molar refractivity (Wildman–Crippen MR) is 114 cm³/mol. The number of benzene rings is 3. The molecule has 0 aliphatic rings. The van der Waals surface area contributed by atoms with Gasteiger partial charge in [0.25, 0.3) is 5.91 Å². The van der Waals surface area contributed by atoms with Gasteiger partial charge in [-0.1, -0.05) is 67.1 Å². The van der Waals surface area contributed by atoms with E-state index in [4.69, 9.17) is 11.6 Å². The highest BCUT2D eigenvalue weighted by Crippen LogP contribution is 2.27. The molecule has 0 saturated carbocycles. The Morgan fingerprint density at radius 2 is 1.54 bits per heavy atom. The highest BCUT2D eigenvalue weighted by Gasteiger charge is 2.20. The first-order valence-electron chi connectivity index (χ1n) is 9.10. The molecular formula is C23H21ClN2O2. The number of amides is 2. The maximum absolute atomic E-state index is 12.8. The maximum atomic E-state index is 12.8. The molecule has 5 heteroatoms. The fourth-order valence-corrected chi connectivity index (χ4v) is 3.13. The molecule has 3 rings (SSSR count). The summed E-state index contributed by atoms with van der Waals surface area (Å²) in [7, 11) is 0. The van der Waals surface area contributed by atoms with Gasteiger partial charge in [0.1, 0.15) is 0 Å². The normalized spacial score (nSPS) is 11.5. The minimum absolute atomic E-state index is 0.156. The van der Waals surface area contributed by atoms with Crippen LogP contribution in [0, 0.1) is 0 Å². The van der Waals surface area contributed by atoms with Crippen molar-refractivity contribution in [3.05, 3.63) is 95.0 Å². The van der Waals surface area contributed by atoms with Crippen molar-refractivity contribution in [1.82, 2.24) is 0 Å². The summed E-state index contributed by atoms with van der Waals surface area (Å²) in [5.41, 5.74) is 2.47. The summed E-state index contributed by atoms with van der Waals surface area (Å²) >= 11 is 6.25. The van der Waals surface area contributed by atoms with Crippen LogP contribution >= 0.6 is 11.6 Å². The largest absolute Gasteiger partial charge is 0.324 e. The van der Waals surface area contributed by atoms with Crippen molar-refractivity contribution in [1.29, 1.82) is 0 Å². The summed E-state index contributed by atoms with van der Waals surface area (Å²) in [6.45, 7) is 1.96. The van der Waals surface area contributed by atoms with E-state index < -0.39 is 0 Å². The van der Waals surface area contributed by atoms with Gasteiger partial charge in [-0.2, -0.15) is 0 Å². The van der Waals surface area contributed by atoms with Crippen LogP contribution in [0.5, 0.6) is 0 Å². The molecule has 4 nitrogen and oxygen atoms in total. The summed E-state index contributed by atoms with van der Waals surface area (Å²) < 4.78 is 0. The Balaban J connectivity index is 1.77. The summed E-state index contributed by atoms with van der Waals surface area (Å²) in [5.74, 6) is -0.719. The molecule has 0 bridgehead atoms. The van der Waals surface area contributed by atoms with Crippen LogP contribution in [0.2, 0.25) is 5.02 Å². The Morgan fingerprint density at radius 3 is 2.18 bits per heavy atom. The van der Waals surface area contributed by atoms with Gasteiger partial charge in [-0.25, -0.2) is 0 Å². The minimum Gasteiger partial charge on any atom is -0.324 e. The lowest BCUT2D eigenvalue weighted by molar-refractivity contribution is -0.117.